The molecule has 1 heterocycles. The lowest BCUT2D eigenvalue weighted by atomic mass is 9.83. The summed E-state index contributed by atoms with van der Waals surface area (Å²) in [5, 5.41) is 15.5. The second-order valence-electron chi connectivity index (χ2n) is 9.38. The minimum atomic E-state index is -0.896. The van der Waals surface area contributed by atoms with Crippen LogP contribution in [0, 0.1) is 0 Å². The Morgan fingerprint density at radius 1 is 0.972 bits per heavy atom. The highest BCUT2D eigenvalue weighted by molar-refractivity contribution is 5.87. The van der Waals surface area contributed by atoms with Gasteiger partial charge in [0.05, 0.1) is 11.7 Å². The highest BCUT2D eigenvalue weighted by atomic mass is 35.5. The van der Waals surface area contributed by atoms with Crippen molar-refractivity contribution in [2.24, 2.45) is 0 Å². The summed E-state index contributed by atoms with van der Waals surface area (Å²) in [4.78, 5) is 11.3. The molecule has 0 amide bonds. The number of halogens is 1. The monoisotopic (exact) mass is 501 g/mol. The van der Waals surface area contributed by atoms with Crippen LogP contribution in [0.25, 0.3) is 10.8 Å². The first-order chi connectivity index (χ1) is 17.1. The first-order valence-corrected chi connectivity index (χ1v) is 12.4. The van der Waals surface area contributed by atoms with Gasteiger partial charge in [-0.05, 0) is 72.8 Å². The van der Waals surface area contributed by atoms with Gasteiger partial charge < -0.3 is 15.2 Å². The number of carbonyl (C=O) groups is 1. The van der Waals surface area contributed by atoms with E-state index in [-0.39, 0.29) is 30.5 Å². The lowest BCUT2D eigenvalue weighted by molar-refractivity contribution is 0.0697. The summed E-state index contributed by atoms with van der Waals surface area (Å²) < 4.78 is 6.37. The van der Waals surface area contributed by atoms with Gasteiger partial charge in [0.1, 0.15) is 5.75 Å². The summed E-state index contributed by atoms with van der Waals surface area (Å²) in [6, 6.07) is 30.8. The van der Waals surface area contributed by atoms with Crippen LogP contribution < -0.4 is 10.1 Å². The summed E-state index contributed by atoms with van der Waals surface area (Å²) in [6.07, 6.45) is 3.01. The average molecular weight is 502 g/mol. The number of carboxylic acid groups (broad SMARTS) is 1. The van der Waals surface area contributed by atoms with Crippen LogP contribution in [0.15, 0.2) is 91.0 Å². The van der Waals surface area contributed by atoms with Gasteiger partial charge in [-0.15, -0.1) is 12.4 Å². The van der Waals surface area contributed by atoms with E-state index in [1.807, 2.05) is 30.3 Å². The van der Waals surface area contributed by atoms with Crippen molar-refractivity contribution < 1.29 is 14.6 Å². The van der Waals surface area contributed by atoms with E-state index in [1.165, 1.54) is 21.9 Å². The first-order valence-electron chi connectivity index (χ1n) is 12.4. The van der Waals surface area contributed by atoms with Crippen LogP contribution in [0.4, 0.5) is 0 Å². The molecule has 4 nitrogen and oxygen atoms in total. The van der Waals surface area contributed by atoms with Crippen LogP contribution in [0.5, 0.6) is 5.75 Å². The van der Waals surface area contributed by atoms with Crippen LogP contribution in [0.2, 0.25) is 0 Å². The molecule has 5 rings (SSSR count). The van der Waals surface area contributed by atoms with Gasteiger partial charge in [-0.3, -0.25) is 0 Å². The predicted molar refractivity (Wildman–Crippen MR) is 148 cm³/mol. The molecule has 0 aromatic heterocycles. The molecule has 1 aliphatic rings. The van der Waals surface area contributed by atoms with E-state index in [1.54, 1.807) is 12.1 Å². The molecule has 3 atom stereocenters. The van der Waals surface area contributed by atoms with Gasteiger partial charge in [0.2, 0.25) is 0 Å². The number of hydrogen-bond acceptors (Lipinski definition) is 3. The second kappa shape index (κ2) is 11.6. The molecule has 4 aromatic rings. The van der Waals surface area contributed by atoms with Crippen molar-refractivity contribution >= 4 is 29.1 Å². The molecule has 0 saturated carbocycles. The molecule has 0 saturated heterocycles. The van der Waals surface area contributed by atoms with Gasteiger partial charge in [0.25, 0.3) is 0 Å². The number of fused-ring (bicyclic) bond motifs is 2. The molecule has 186 valence electrons. The number of carboxylic acids is 1. The molecule has 4 aromatic carbocycles. The fourth-order valence-corrected chi connectivity index (χ4v) is 5.23. The van der Waals surface area contributed by atoms with Gasteiger partial charge in [-0.25, -0.2) is 4.79 Å². The van der Waals surface area contributed by atoms with Crippen LogP contribution >= 0.6 is 12.4 Å². The van der Waals surface area contributed by atoms with Crippen molar-refractivity contribution in [1.82, 2.24) is 5.32 Å². The highest BCUT2D eigenvalue weighted by Gasteiger charge is 2.29. The smallest absolute Gasteiger partial charge is 0.335 e. The minimum Gasteiger partial charge on any atom is -0.490 e. The molecule has 1 aliphatic heterocycles. The fourth-order valence-electron chi connectivity index (χ4n) is 5.23. The van der Waals surface area contributed by atoms with Crippen LogP contribution in [-0.2, 0) is 0 Å². The molecule has 0 spiro atoms. The number of hydrogen-bond donors (Lipinski definition) is 2. The Hall–Kier alpha value is -3.34. The Balaban J connectivity index is 0.00000304. The van der Waals surface area contributed by atoms with Gasteiger partial charge in [-0.2, -0.15) is 0 Å². The third kappa shape index (κ3) is 5.56. The zero-order valence-electron chi connectivity index (χ0n) is 20.4. The van der Waals surface area contributed by atoms with Crippen molar-refractivity contribution in [3.05, 3.63) is 113 Å². The predicted octanol–water partition coefficient (Wildman–Crippen LogP) is 7.37. The molecule has 0 radical (unpaired) electrons. The lowest BCUT2D eigenvalue weighted by Crippen LogP contribution is -2.28. The Morgan fingerprint density at radius 3 is 2.50 bits per heavy atom. The number of para-hydroxylation sites is 1. The van der Waals surface area contributed by atoms with E-state index >= 15 is 0 Å². The van der Waals surface area contributed by atoms with Crippen LogP contribution in [0.1, 0.15) is 65.2 Å². The Kier molecular flexibility index (Phi) is 8.29. The van der Waals surface area contributed by atoms with E-state index in [0.29, 0.717) is 5.56 Å². The van der Waals surface area contributed by atoms with Crippen molar-refractivity contribution in [2.45, 2.75) is 44.2 Å². The summed E-state index contributed by atoms with van der Waals surface area (Å²) in [7, 11) is 0. The van der Waals surface area contributed by atoms with Gasteiger partial charge >= 0.3 is 5.97 Å². The first kappa shape index (κ1) is 25.7. The molecular formula is C31H32ClNO3. The maximum absolute atomic E-state index is 11.3. The van der Waals surface area contributed by atoms with Gasteiger partial charge in [-0.1, -0.05) is 72.8 Å². The number of nitrogens with one attached hydrogen (secondary N) is 1. The molecule has 36 heavy (non-hydrogen) atoms. The van der Waals surface area contributed by atoms with Gasteiger partial charge in [0.15, 0.2) is 0 Å². The lowest BCUT2D eigenvalue weighted by Gasteiger charge is -2.33. The minimum absolute atomic E-state index is 0. The maximum atomic E-state index is 11.3. The summed E-state index contributed by atoms with van der Waals surface area (Å²) in [6.45, 7) is 3.15. The molecular weight excluding hydrogens is 470 g/mol. The Morgan fingerprint density at radius 2 is 1.69 bits per heavy atom. The maximum Gasteiger partial charge on any atom is 0.335 e. The largest absolute Gasteiger partial charge is 0.490 e. The van der Waals surface area contributed by atoms with Crippen molar-refractivity contribution in [2.75, 3.05) is 6.54 Å². The second-order valence-corrected chi connectivity index (χ2v) is 9.38. The van der Waals surface area contributed by atoms with Crippen molar-refractivity contribution in [1.29, 1.82) is 0 Å². The summed E-state index contributed by atoms with van der Waals surface area (Å²) in [5.74, 6) is 0.246. The zero-order chi connectivity index (χ0) is 24.2. The number of aromatic carboxylic acids is 1. The van der Waals surface area contributed by atoms with E-state index in [9.17, 15) is 9.90 Å². The Bertz CT molecular complexity index is 1320. The van der Waals surface area contributed by atoms with Gasteiger partial charge in [0, 0.05) is 17.5 Å². The molecule has 5 heteroatoms. The SMILES string of the molecule is C[C@@H](NCCCC1CC(c2ccc(C(=O)O)cc2)c2ccccc2O1)c1cccc2ccccc12.Cl. The standard InChI is InChI=1S/C31H31NO3.ClH/c1-21(26-13-6-9-22-8-2-3-11-27(22)26)32-19-7-10-25-20-29(28-12-4-5-14-30(28)35-25)23-15-17-24(18-16-23)31(33)34;/h2-6,8-9,11-18,21,25,29,32H,7,10,19-20H2,1H3,(H,33,34);1H/t21-,25?,29?;/m1./s1. The number of rotatable bonds is 8. The van der Waals surface area contributed by atoms with Crippen LogP contribution in [0.3, 0.4) is 0 Å². The zero-order valence-corrected chi connectivity index (χ0v) is 21.2. The molecule has 0 bridgehead atoms. The molecule has 0 aliphatic carbocycles. The fraction of sp³-hybridized carbons (Fsp3) is 0.258. The van der Waals surface area contributed by atoms with E-state index in [0.717, 1.165) is 37.1 Å². The Labute approximate surface area is 218 Å². The topological polar surface area (TPSA) is 58.6 Å². The van der Waals surface area contributed by atoms with E-state index in [4.69, 9.17) is 4.74 Å². The third-order valence-corrected chi connectivity index (χ3v) is 7.09. The normalized spacial score (nSPS) is 17.5. The van der Waals surface area contributed by atoms with E-state index < -0.39 is 5.97 Å². The number of ether oxygens (including phenoxy) is 1. The third-order valence-electron chi connectivity index (χ3n) is 7.09. The van der Waals surface area contributed by atoms with E-state index in [2.05, 4.69) is 60.8 Å². The molecule has 2 N–H and O–H groups in total. The molecule has 2 unspecified atom stereocenters. The molecule has 0 fully saturated rings. The van der Waals surface area contributed by atoms with Crippen molar-refractivity contribution in [3.8, 4) is 5.75 Å². The summed E-state index contributed by atoms with van der Waals surface area (Å²) in [5.41, 5.74) is 3.96. The highest BCUT2D eigenvalue weighted by Crippen LogP contribution is 2.41. The van der Waals surface area contributed by atoms with Crippen molar-refractivity contribution in [3.63, 3.8) is 0 Å². The average Bonchev–Trinajstić information content (AvgIpc) is 2.90. The van der Waals surface area contributed by atoms with Crippen LogP contribution in [-0.4, -0.2) is 23.7 Å². The summed E-state index contributed by atoms with van der Waals surface area (Å²) >= 11 is 0. The quantitative estimate of drug-likeness (QED) is 0.247. The number of benzene rings is 4.